The number of imide groups is 1. The van der Waals surface area contributed by atoms with Gasteiger partial charge >= 0.3 is 12.0 Å². The third-order valence-corrected chi connectivity index (χ3v) is 6.30. The van der Waals surface area contributed by atoms with Gasteiger partial charge in [-0.1, -0.05) is 17.7 Å². The van der Waals surface area contributed by atoms with Gasteiger partial charge in [0.25, 0.3) is 5.91 Å². The third kappa shape index (κ3) is 4.32. The van der Waals surface area contributed by atoms with Crippen LogP contribution in [0.3, 0.4) is 0 Å². The van der Waals surface area contributed by atoms with Crippen molar-refractivity contribution >= 4 is 45.8 Å². The molecular weight excluding hydrogens is 418 g/mol. The molecule has 0 aliphatic carbocycles. The van der Waals surface area contributed by atoms with E-state index in [1.165, 1.54) is 16.2 Å². The molecule has 0 radical (unpaired) electrons. The summed E-state index contributed by atoms with van der Waals surface area (Å²) in [5, 5.41) is 3.02. The van der Waals surface area contributed by atoms with Crippen LogP contribution >= 0.6 is 11.3 Å². The number of thiophene rings is 1. The number of nitrogens with zero attached hydrogens (tertiary/aromatic N) is 2. The molecule has 0 saturated carbocycles. The number of carbonyl (C=O) groups excluding carboxylic acids is 4. The average molecular weight is 444 g/mol. The van der Waals surface area contributed by atoms with Crippen LogP contribution in [0.2, 0.25) is 0 Å². The Morgan fingerprint density at radius 3 is 2.39 bits per heavy atom. The van der Waals surface area contributed by atoms with Crippen LogP contribution in [0, 0.1) is 20.8 Å². The lowest BCUT2D eigenvalue weighted by Crippen LogP contribution is -2.39. The number of urea groups is 1. The lowest BCUT2D eigenvalue weighted by Gasteiger charge is -2.19. The smallest absolute Gasteiger partial charge is 0.341 e. The van der Waals surface area contributed by atoms with Crippen LogP contribution in [0.4, 0.5) is 15.5 Å². The summed E-state index contributed by atoms with van der Waals surface area (Å²) in [5.41, 5.74) is 2.65. The number of amides is 4. The number of nitrogens with one attached hydrogen (secondary N) is 1. The quantitative estimate of drug-likeness (QED) is 0.543. The minimum absolute atomic E-state index is 0.212. The minimum Gasteiger partial charge on any atom is -0.462 e. The second kappa shape index (κ2) is 8.89. The SMILES string of the molecule is CCOC(=O)c1c(NC(=O)CN2C(=O)[C@H](C)N(c3ccc(C)cc3)C2=O)sc(C)c1C. The molecular formula is C22H25N3O5S. The molecule has 9 heteroatoms. The van der Waals surface area contributed by atoms with Gasteiger partial charge in [0.15, 0.2) is 0 Å². The standard InChI is InChI=1S/C22H25N3O5S/c1-6-30-21(28)18-13(3)15(5)31-19(18)23-17(26)11-24-20(27)14(4)25(22(24)29)16-9-7-12(2)8-10-16/h7-10,14H,6,11H2,1-5H3,(H,23,26)/t14-/m0/s1. The summed E-state index contributed by atoms with van der Waals surface area (Å²) < 4.78 is 5.09. The Hall–Kier alpha value is -3.20. The first-order chi connectivity index (χ1) is 14.6. The molecule has 1 N–H and O–H groups in total. The van der Waals surface area contributed by atoms with Gasteiger partial charge in [-0.3, -0.25) is 19.4 Å². The molecule has 1 atom stereocenters. The Balaban J connectivity index is 1.77. The summed E-state index contributed by atoms with van der Waals surface area (Å²) in [6.45, 7) is 8.65. The summed E-state index contributed by atoms with van der Waals surface area (Å²) in [6.07, 6.45) is 0. The number of hydrogen-bond acceptors (Lipinski definition) is 6. The number of benzene rings is 1. The molecule has 0 unspecified atom stereocenters. The normalized spacial score (nSPS) is 16.1. The highest BCUT2D eigenvalue weighted by Gasteiger charge is 2.44. The molecule has 0 bridgehead atoms. The van der Waals surface area contributed by atoms with E-state index >= 15 is 0 Å². The first kappa shape index (κ1) is 22.5. The summed E-state index contributed by atoms with van der Waals surface area (Å²) in [6, 6.07) is 5.97. The number of ether oxygens (including phenoxy) is 1. The van der Waals surface area contributed by atoms with Gasteiger partial charge in [0.05, 0.1) is 12.2 Å². The summed E-state index contributed by atoms with van der Waals surface area (Å²) in [7, 11) is 0. The van der Waals surface area contributed by atoms with Crippen LogP contribution in [0.1, 0.15) is 40.2 Å². The number of anilines is 2. The molecule has 164 valence electrons. The molecule has 8 nitrogen and oxygen atoms in total. The van der Waals surface area contributed by atoms with Gasteiger partial charge in [-0.05, 0) is 52.3 Å². The summed E-state index contributed by atoms with van der Waals surface area (Å²) in [4.78, 5) is 53.7. The highest BCUT2D eigenvalue weighted by atomic mass is 32.1. The molecule has 4 amide bonds. The van der Waals surface area contributed by atoms with Crippen molar-refractivity contribution in [2.45, 2.75) is 40.7 Å². The zero-order valence-electron chi connectivity index (χ0n) is 18.1. The highest BCUT2D eigenvalue weighted by molar-refractivity contribution is 7.16. The summed E-state index contributed by atoms with van der Waals surface area (Å²) in [5.74, 6) is -1.54. The van der Waals surface area contributed by atoms with Crippen LogP contribution in [-0.4, -0.2) is 47.9 Å². The zero-order chi connectivity index (χ0) is 22.9. The molecule has 1 aliphatic heterocycles. The molecule has 1 fully saturated rings. The largest absolute Gasteiger partial charge is 0.462 e. The van der Waals surface area contributed by atoms with E-state index < -0.39 is 36.4 Å². The van der Waals surface area contributed by atoms with E-state index in [0.29, 0.717) is 16.3 Å². The van der Waals surface area contributed by atoms with E-state index in [1.807, 2.05) is 26.0 Å². The van der Waals surface area contributed by atoms with Crippen molar-refractivity contribution in [2.24, 2.45) is 0 Å². The predicted molar refractivity (Wildman–Crippen MR) is 119 cm³/mol. The number of aryl methyl sites for hydroxylation is 2. The number of carbonyl (C=O) groups is 4. The maximum Gasteiger partial charge on any atom is 0.341 e. The molecule has 3 rings (SSSR count). The zero-order valence-corrected chi connectivity index (χ0v) is 19.0. The first-order valence-corrected chi connectivity index (χ1v) is 10.8. The Kier molecular flexibility index (Phi) is 6.45. The Morgan fingerprint density at radius 2 is 1.77 bits per heavy atom. The van der Waals surface area contributed by atoms with Crippen molar-refractivity contribution in [1.82, 2.24) is 4.90 Å². The molecule has 1 saturated heterocycles. The predicted octanol–water partition coefficient (Wildman–Crippen LogP) is 3.65. The number of rotatable bonds is 6. The minimum atomic E-state index is -0.718. The Labute approximate surface area is 184 Å². The fourth-order valence-electron chi connectivity index (χ4n) is 3.38. The molecule has 1 aromatic carbocycles. The van der Waals surface area contributed by atoms with Crippen molar-refractivity contribution in [2.75, 3.05) is 23.4 Å². The van der Waals surface area contributed by atoms with Crippen LogP contribution in [0.25, 0.3) is 0 Å². The topological polar surface area (TPSA) is 96.0 Å². The van der Waals surface area contributed by atoms with Gasteiger partial charge in [-0.15, -0.1) is 11.3 Å². The fourth-order valence-corrected chi connectivity index (χ4v) is 4.45. The maximum absolute atomic E-state index is 12.9. The maximum atomic E-state index is 12.9. The van der Waals surface area contributed by atoms with Crippen LogP contribution in [-0.2, 0) is 14.3 Å². The second-order valence-electron chi connectivity index (χ2n) is 7.34. The first-order valence-electron chi connectivity index (χ1n) is 9.93. The average Bonchev–Trinajstić information content (AvgIpc) is 3.10. The van der Waals surface area contributed by atoms with Gasteiger partial charge in [0, 0.05) is 10.6 Å². The van der Waals surface area contributed by atoms with Gasteiger partial charge < -0.3 is 10.1 Å². The molecule has 1 aliphatic rings. The molecule has 2 heterocycles. The third-order valence-electron chi connectivity index (χ3n) is 5.18. The lowest BCUT2D eigenvalue weighted by atomic mass is 10.1. The monoisotopic (exact) mass is 443 g/mol. The van der Waals surface area contributed by atoms with Crippen molar-refractivity contribution in [3.8, 4) is 0 Å². The molecule has 1 aromatic heterocycles. The second-order valence-corrected chi connectivity index (χ2v) is 8.57. The van der Waals surface area contributed by atoms with Crippen molar-refractivity contribution in [3.63, 3.8) is 0 Å². The van der Waals surface area contributed by atoms with E-state index in [4.69, 9.17) is 4.74 Å². The van der Waals surface area contributed by atoms with Crippen LogP contribution in [0.15, 0.2) is 24.3 Å². The van der Waals surface area contributed by atoms with Crippen molar-refractivity contribution < 1.29 is 23.9 Å². The lowest BCUT2D eigenvalue weighted by molar-refractivity contribution is -0.130. The molecule has 0 spiro atoms. The van der Waals surface area contributed by atoms with E-state index in [1.54, 1.807) is 32.9 Å². The Morgan fingerprint density at radius 1 is 1.13 bits per heavy atom. The van der Waals surface area contributed by atoms with Crippen molar-refractivity contribution in [3.05, 3.63) is 45.8 Å². The molecule has 2 aromatic rings. The van der Waals surface area contributed by atoms with E-state index in [2.05, 4.69) is 5.32 Å². The van der Waals surface area contributed by atoms with Gasteiger partial charge in [0.1, 0.15) is 17.6 Å². The van der Waals surface area contributed by atoms with Gasteiger partial charge in [0.2, 0.25) is 5.91 Å². The van der Waals surface area contributed by atoms with E-state index in [9.17, 15) is 19.2 Å². The number of hydrogen-bond donors (Lipinski definition) is 1. The molecule has 31 heavy (non-hydrogen) atoms. The van der Waals surface area contributed by atoms with Gasteiger partial charge in [-0.25, -0.2) is 9.59 Å². The fraction of sp³-hybridized carbons (Fsp3) is 0.364. The Bertz CT molecular complexity index is 1040. The van der Waals surface area contributed by atoms with Gasteiger partial charge in [-0.2, -0.15) is 0 Å². The van der Waals surface area contributed by atoms with Crippen LogP contribution < -0.4 is 10.2 Å². The number of esters is 1. The highest BCUT2D eigenvalue weighted by Crippen LogP contribution is 2.33. The van der Waals surface area contributed by atoms with E-state index in [0.717, 1.165) is 20.9 Å². The van der Waals surface area contributed by atoms with Crippen LogP contribution in [0.5, 0.6) is 0 Å². The van der Waals surface area contributed by atoms with E-state index in [-0.39, 0.29) is 6.61 Å². The van der Waals surface area contributed by atoms with Crippen molar-refractivity contribution in [1.29, 1.82) is 0 Å². The summed E-state index contributed by atoms with van der Waals surface area (Å²) >= 11 is 1.25.